The van der Waals surface area contributed by atoms with Crippen molar-refractivity contribution in [2.75, 3.05) is 13.2 Å². The Hall–Kier alpha value is -5.49. The first kappa shape index (κ1) is 52.3. The van der Waals surface area contributed by atoms with Crippen molar-refractivity contribution in [1.29, 1.82) is 0 Å². The van der Waals surface area contributed by atoms with E-state index in [4.69, 9.17) is 18.3 Å². The van der Waals surface area contributed by atoms with Gasteiger partial charge < -0.3 is 18.3 Å². The highest BCUT2D eigenvalue weighted by atomic mass is 28.4. The minimum absolute atomic E-state index is 0.123. The number of ether oxygens (including phenoxy) is 2. The van der Waals surface area contributed by atoms with Crippen LogP contribution in [-0.2, 0) is 18.3 Å². The van der Waals surface area contributed by atoms with Crippen molar-refractivity contribution in [2.24, 2.45) is 11.8 Å². The van der Waals surface area contributed by atoms with Crippen LogP contribution in [0.4, 0.5) is 0 Å². The molecule has 8 rings (SSSR count). The predicted molar refractivity (Wildman–Crippen MR) is 284 cm³/mol. The second-order valence-corrected chi connectivity index (χ2v) is 29.6. The number of hydrogen-bond acceptors (Lipinski definition) is 8. The molecule has 6 aromatic rings. The summed E-state index contributed by atoms with van der Waals surface area (Å²) in [6, 6.07) is 42.3. The summed E-state index contributed by atoms with van der Waals surface area (Å²) < 4.78 is 30.1. The number of rotatable bonds is 14. The Kier molecular flexibility index (Phi) is 16.4. The Morgan fingerprint density at radius 2 is 0.800 bits per heavy atom. The Morgan fingerprint density at radius 3 is 1.06 bits per heavy atom. The van der Waals surface area contributed by atoms with E-state index in [2.05, 4.69) is 162 Å². The molecule has 2 fully saturated rings. The van der Waals surface area contributed by atoms with E-state index in [1.165, 1.54) is 29.9 Å². The van der Waals surface area contributed by atoms with Crippen molar-refractivity contribution in [2.45, 2.75) is 130 Å². The van der Waals surface area contributed by atoms with Crippen LogP contribution in [0.3, 0.4) is 0 Å². The van der Waals surface area contributed by atoms with Crippen LogP contribution in [0.15, 0.2) is 153 Å². The van der Waals surface area contributed by atoms with E-state index in [1.54, 1.807) is 26.2 Å². The third-order valence-electron chi connectivity index (χ3n) is 14.4. The van der Waals surface area contributed by atoms with Gasteiger partial charge in [-0.3, -0.25) is 28.7 Å². The molecule has 2 N–H and O–H groups in total. The molecular weight excluding hydrogens is 913 g/mol. The number of benzene rings is 4. The minimum Gasteiger partial charge on any atom is -0.405 e. The summed E-state index contributed by atoms with van der Waals surface area (Å²) in [6.45, 7) is 22.1. The molecule has 0 spiro atoms. The van der Waals surface area contributed by atoms with Crippen LogP contribution in [0, 0.1) is 25.7 Å². The lowest BCUT2D eigenvalue weighted by atomic mass is 9.98. The molecule has 2 aliphatic rings. The number of hydrogen-bond donors (Lipinski definition) is 2. The second kappa shape index (κ2) is 21.9. The van der Waals surface area contributed by atoms with Crippen LogP contribution in [0.25, 0.3) is 0 Å². The fourth-order valence-electron chi connectivity index (χ4n) is 10.7. The monoisotopic (exact) mass is 984 g/mol. The third-order valence-corrected chi connectivity index (χ3v) is 24.5. The molecule has 0 bridgehead atoms. The maximum Gasteiger partial charge on any atom is 0.330 e. The average Bonchev–Trinajstić information content (AvgIpc) is 3.96. The van der Waals surface area contributed by atoms with Crippen LogP contribution in [0.2, 0.25) is 10.1 Å². The van der Waals surface area contributed by atoms with Gasteiger partial charge in [-0.15, -0.1) is 0 Å². The van der Waals surface area contributed by atoms with Crippen LogP contribution in [0.5, 0.6) is 0 Å². The first-order valence-electron chi connectivity index (χ1n) is 24.8. The van der Waals surface area contributed by atoms with E-state index < -0.39 is 40.5 Å². The van der Waals surface area contributed by atoms with Crippen LogP contribution >= 0.6 is 0 Å². The molecule has 0 unspecified atom stereocenters. The summed E-state index contributed by atoms with van der Waals surface area (Å²) in [6.07, 6.45) is 5.31. The van der Waals surface area contributed by atoms with Crippen molar-refractivity contribution in [1.82, 2.24) is 19.1 Å². The lowest BCUT2D eigenvalue weighted by molar-refractivity contribution is -0.0297. The Labute approximate surface area is 414 Å². The van der Waals surface area contributed by atoms with E-state index in [0.29, 0.717) is 37.2 Å². The lowest BCUT2D eigenvalue weighted by Gasteiger charge is -2.43. The van der Waals surface area contributed by atoms with Gasteiger partial charge in [0.25, 0.3) is 27.8 Å². The maximum absolute atomic E-state index is 12.5. The van der Waals surface area contributed by atoms with Gasteiger partial charge in [0.1, 0.15) is 12.5 Å². The number of aromatic nitrogens is 4. The number of H-pyrrole nitrogens is 2. The smallest absolute Gasteiger partial charge is 0.330 e. The second-order valence-electron chi connectivity index (χ2n) is 21.0. The van der Waals surface area contributed by atoms with Crippen molar-refractivity contribution < 1.29 is 18.3 Å². The summed E-state index contributed by atoms with van der Waals surface area (Å²) in [4.78, 5) is 53.5. The van der Waals surface area contributed by atoms with E-state index in [-0.39, 0.29) is 45.2 Å². The SMILES string of the molecule is CC[C@H]1C[C@@H](n2cc(C)c(=O)[nH]c2=O)O[C@@H]1CO[Si](c1ccccc1)(c1ccccc1)C(C)(C)C.CC[C@H]1C[C@H](n2cc(C)c(=O)[nH]c2=O)O[C@@H]1CO[Si](c1ccccc1)(c1ccccc1)C(C)(C)C. The topological polar surface area (TPSA) is 147 Å². The molecule has 4 heterocycles. The van der Waals surface area contributed by atoms with Crippen LogP contribution < -0.4 is 43.2 Å². The molecule has 70 heavy (non-hydrogen) atoms. The molecule has 12 nitrogen and oxygen atoms in total. The molecule has 14 heteroatoms. The van der Waals surface area contributed by atoms with E-state index in [1.807, 2.05) is 24.3 Å². The fourth-order valence-corrected chi connectivity index (χ4v) is 19.8. The fraction of sp³-hybridized carbons (Fsp3) is 0.429. The van der Waals surface area contributed by atoms with Crippen molar-refractivity contribution in [3.8, 4) is 0 Å². The molecule has 0 amide bonds. The van der Waals surface area contributed by atoms with E-state index >= 15 is 0 Å². The highest BCUT2D eigenvalue weighted by molar-refractivity contribution is 7.00. The van der Waals surface area contributed by atoms with Gasteiger partial charge in [0.05, 0.1) is 25.4 Å². The van der Waals surface area contributed by atoms with Gasteiger partial charge >= 0.3 is 11.4 Å². The van der Waals surface area contributed by atoms with Gasteiger partial charge in [0.15, 0.2) is 0 Å². The Morgan fingerprint density at radius 1 is 0.514 bits per heavy atom. The average molecular weight is 985 g/mol. The Balaban J connectivity index is 0.000000206. The quantitative estimate of drug-likeness (QED) is 0.107. The van der Waals surface area contributed by atoms with Crippen molar-refractivity contribution in [3.05, 3.63) is 187 Å². The normalized spacial score (nSPS) is 20.8. The van der Waals surface area contributed by atoms with Crippen molar-refractivity contribution >= 4 is 37.4 Å². The Bertz CT molecular complexity index is 2610. The molecule has 4 aromatic carbocycles. The molecule has 0 saturated carbocycles. The maximum atomic E-state index is 12.5. The number of aryl methyl sites for hydroxylation is 2. The molecule has 0 radical (unpaired) electrons. The molecule has 2 saturated heterocycles. The molecule has 6 atom stereocenters. The molecule has 372 valence electrons. The lowest BCUT2D eigenvalue weighted by Crippen LogP contribution is -2.67. The minimum atomic E-state index is -2.68. The summed E-state index contributed by atoms with van der Waals surface area (Å²) in [7, 11) is -5.37. The third kappa shape index (κ3) is 10.7. The van der Waals surface area contributed by atoms with Gasteiger partial charge in [-0.1, -0.05) is 190 Å². The number of aromatic amines is 2. The standard InChI is InChI=1S/2C28H36N2O4Si/c2*1-6-21-17-25(30-18-20(2)26(31)29-27(30)32)34-24(21)19-33-35(28(3,4)5,22-13-9-7-10-14-22)23-15-11-8-12-16-23/h2*7-16,18,21,24-25H,6,17,19H2,1-5H3,(H,29,31,32)/t21-,24+,25+;21-,24+,25-/m00/s1. The largest absolute Gasteiger partial charge is 0.405 e. The summed E-state index contributed by atoms with van der Waals surface area (Å²) in [5.41, 5.74) is -0.602. The zero-order chi connectivity index (χ0) is 50.4. The first-order valence-corrected chi connectivity index (χ1v) is 28.6. The number of nitrogens with one attached hydrogen (secondary N) is 2. The van der Waals surface area contributed by atoms with Crippen LogP contribution in [0.1, 0.15) is 105 Å². The van der Waals surface area contributed by atoms with Gasteiger partial charge in [0.2, 0.25) is 0 Å². The summed E-state index contributed by atoms with van der Waals surface area (Å²) >= 11 is 0. The van der Waals surface area contributed by atoms with E-state index in [0.717, 1.165) is 12.8 Å². The molecular formula is C56H72N4O8Si2. The summed E-state index contributed by atoms with van der Waals surface area (Å²) in [5, 5.41) is 4.68. The van der Waals surface area contributed by atoms with E-state index in [9.17, 15) is 19.2 Å². The van der Waals surface area contributed by atoms with Crippen molar-refractivity contribution in [3.63, 3.8) is 0 Å². The molecule has 2 aliphatic heterocycles. The highest BCUT2D eigenvalue weighted by Crippen LogP contribution is 2.41. The van der Waals surface area contributed by atoms with Gasteiger partial charge in [-0.05, 0) is 69.3 Å². The van der Waals surface area contributed by atoms with Gasteiger partial charge in [-0.25, -0.2) is 9.59 Å². The summed E-state index contributed by atoms with van der Waals surface area (Å²) in [5.74, 6) is 0.495. The highest BCUT2D eigenvalue weighted by Gasteiger charge is 2.53. The predicted octanol–water partition coefficient (Wildman–Crippen LogP) is 7.47. The zero-order valence-corrected chi connectivity index (χ0v) is 44.6. The van der Waals surface area contributed by atoms with Gasteiger partial charge in [0, 0.05) is 23.5 Å². The molecule has 0 aliphatic carbocycles. The van der Waals surface area contributed by atoms with Crippen LogP contribution in [-0.4, -0.2) is 61.2 Å². The molecule has 2 aromatic heterocycles. The first-order chi connectivity index (χ1) is 33.3. The number of nitrogens with zero attached hydrogens (tertiary/aromatic N) is 2. The zero-order valence-electron chi connectivity index (χ0n) is 42.6. The van der Waals surface area contributed by atoms with Gasteiger partial charge in [-0.2, -0.15) is 0 Å².